The van der Waals surface area contributed by atoms with E-state index in [1.165, 1.54) is 7.11 Å². The number of ether oxygens (including phenoxy) is 4. The number of carbonyl (C=O) groups excluding carboxylic acids is 2. The molecule has 0 saturated heterocycles. The molecule has 0 aliphatic carbocycles. The third kappa shape index (κ3) is 11.7. The fourth-order valence-corrected chi connectivity index (χ4v) is 1.38. The van der Waals surface area contributed by atoms with E-state index < -0.39 is 6.16 Å². The van der Waals surface area contributed by atoms with Crippen LogP contribution in [-0.4, -0.2) is 52.1 Å². The van der Waals surface area contributed by atoms with Crippen LogP contribution in [0.3, 0.4) is 0 Å². The molecule has 6 heteroatoms. The molecule has 112 valence electrons. The highest BCUT2D eigenvalue weighted by Gasteiger charge is 2.11. The summed E-state index contributed by atoms with van der Waals surface area (Å²) in [5, 5.41) is 0. The Kier molecular flexibility index (Phi) is 11.2. The number of ketones is 1. The van der Waals surface area contributed by atoms with E-state index in [-0.39, 0.29) is 18.5 Å². The summed E-state index contributed by atoms with van der Waals surface area (Å²) in [6.07, 6.45) is 2.01. The minimum atomic E-state index is -0.704. The number of hydrogen-bond acceptors (Lipinski definition) is 6. The summed E-state index contributed by atoms with van der Waals surface area (Å²) in [6, 6.07) is 0. The van der Waals surface area contributed by atoms with Gasteiger partial charge in [-0.2, -0.15) is 0 Å². The molecule has 0 aromatic heterocycles. The minimum Gasteiger partial charge on any atom is -0.434 e. The van der Waals surface area contributed by atoms with Gasteiger partial charge in [0.15, 0.2) is 0 Å². The third-order valence-electron chi connectivity index (χ3n) is 2.47. The summed E-state index contributed by atoms with van der Waals surface area (Å²) in [6.45, 7) is 2.33. The fourth-order valence-electron chi connectivity index (χ4n) is 1.38. The van der Waals surface area contributed by atoms with E-state index in [4.69, 9.17) is 18.9 Å². The van der Waals surface area contributed by atoms with E-state index in [0.717, 1.165) is 19.3 Å². The zero-order valence-electron chi connectivity index (χ0n) is 12.0. The van der Waals surface area contributed by atoms with Gasteiger partial charge >= 0.3 is 6.16 Å². The molecule has 0 rings (SSSR count). The summed E-state index contributed by atoms with van der Waals surface area (Å²) < 4.78 is 19.7. The minimum absolute atomic E-state index is 0.105. The first-order chi connectivity index (χ1) is 9.10. The number of unbranched alkanes of at least 4 members (excludes halogenated alkanes) is 2. The van der Waals surface area contributed by atoms with Gasteiger partial charge in [-0.15, -0.1) is 0 Å². The number of carbonyl (C=O) groups is 2. The number of rotatable bonds is 11. The fraction of sp³-hybridized carbons (Fsp3) is 0.846. The molecular formula is C13H24O6. The lowest BCUT2D eigenvalue weighted by Gasteiger charge is -2.14. The Balaban J connectivity index is 3.46. The molecule has 0 radical (unpaired) electrons. The van der Waals surface area contributed by atoms with Crippen LogP contribution in [0.2, 0.25) is 0 Å². The van der Waals surface area contributed by atoms with Crippen LogP contribution in [-0.2, 0) is 23.7 Å². The van der Waals surface area contributed by atoms with Crippen LogP contribution in [0, 0.1) is 0 Å². The zero-order chi connectivity index (χ0) is 14.5. The van der Waals surface area contributed by atoms with Crippen LogP contribution in [0.4, 0.5) is 4.79 Å². The molecule has 0 fully saturated rings. The summed E-state index contributed by atoms with van der Waals surface area (Å²) in [5.41, 5.74) is 0. The van der Waals surface area contributed by atoms with Crippen LogP contribution in [0.15, 0.2) is 0 Å². The maximum absolute atomic E-state index is 11.2. The highest BCUT2D eigenvalue weighted by Crippen LogP contribution is 2.01. The molecule has 0 saturated carbocycles. The topological polar surface area (TPSA) is 71.1 Å². The monoisotopic (exact) mass is 276 g/mol. The van der Waals surface area contributed by atoms with Crippen molar-refractivity contribution >= 4 is 11.9 Å². The summed E-state index contributed by atoms with van der Waals surface area (Å²) in [7, 11) is 3.07. The standard InChI is InChI=1S/C13H24O6/c1-11(14)7-5-4-6-8-18-13(15)19-10-12(17-3)9-16-2/h12H,4-10H2,1-3H3. The van der Waals surface area contributed by atoms with Crippen LogP contribution < -0.4 is 0 Å². The average molecular weight is 276 g/mol. The first-order valence-electron chi connectivity index (χ1n) is 6.40. The van der Waals surface area contributed by atoms with Crippen molar-refractivity contribution in [3.8, 4) is 0 Å². The van der Waals surface area contributed by atoms with Crippen molar-refractivity contribution in [3.63, 3.8) is 0 Å². The lowest BCUT2D eigenvalue weighted by molar-refractivity contribution is -0.117. The van der Waals surface area contributed by atoms with Gasteiger partial charge in [0.05, 0.1) is 13.2 Å². The Morgan fingerprint density at radius 3 is 2.32 bits per heavy atom. The van der Waals surface area contributed by atoms with E-state index in [2.05, 4.69) is 0 Å². The Labute approximate surface area is 114 Å². The molecule has 0 aromatic rings. The first kappa shape index (κ1) is 17.9. The molecule has 0 N–H and O–H groups in total. The lowest BCUT2D eigenvalue weighted by Crippen LogP contribution is -2.25. The van der Waals surface area contributed by atoms with Gasteiger partial charge in [0.2, 0.25) is 0 Å². The van der Waals surface area contributed by atoms with Crippen molar-refractivity contribution in [1.29, 1.82) is 0 Å². The van der Waals surface area contributed by atoms with Crippen molar-refractivity contribution < 1.29 is 28.5 Å². The normalized spacial score (nSPS) is 11.9. The Hall–Kier alpha value is -1.14. The predicted octanol–water partition coefficient (Wildman–Crippen LogP) is 1.95. The summed E-state index contributed by atoms with van der Waals surface area (Å²) in [5.74, 6) is 0.184. The number of hydrogen-bond donors (Lipinski definition) is 0. The molecule has 0 aliphatic heterocycles. The number of methoxy groups -OCH3 is 2. The molecule has 6 nitrogen and oxygen atoms in total. The molecule has 1 unspecified atom stereocenters. The van der Waals surface area contributed by atoms with Gasteiger partial charge in [-0.05, 0) is 26.2 Å². The third-order valence-corrected chi connectivity index (χ3v) is 2.47. The zero-order valence-corrected chi connectivity index (χ0v) is 12.0. The van der Waals surface area contributed by atoms with Crippen LogP contribution in [0.1, 0.15) is 32.6 Å². The van der Waals surface area contributed by atoms with Crippen LogP contribution in [0.5, 0.6) is 0 Å². The SMILES string of the molecule is COCC(COC(=O)OCCCCCC(C)=O)OC. The largest absolute Gasteiger partial charge is 0.508 e. The maximum Gasteiger partial charge on any atom is 0.508 e. The Morgan fingerprint density at radius 2 is 1.74 bits per heavy atom. The second-order valence-electron chi connectivity index (χ2n) is 4.24. The van der Waals surface area contributed by atoms with E-state index in [1.807, 2.05) is 0 Å². The van der Waals surface area contributed by atoms with Crippen LogP contribution >= 0.6 is 0 Å². The Morgan fingerprint density at radius 1 is 1.00 bits per heavy atom. The van der Waals surface area contributed by atoms with Crippen molar-refractivity contribution in [2.24, 2.45) is 0 Å². The molecule has 0 bridgehead atoms. The van der Waals surface area contributed by atoms with Gasteiger partial charge in [0.1, 0.15) is 18.5 Å². The smallest absolute Gasteiger partial charge is 0.434 e. The maximum atomic E-state index is 11.2. The van der Waals surface area contributed by atoms with Gasteiger partial charge in [0.25, 0.3) is 0 Å². The van der Waals surface area contributed by atoms with Crippen molar-refractivity contribution in [1.82, 2.24) is 0 Å². The highest BCUT2D eigenvalue weighted by atomic mass is 16.7. The molecule has 0 aliphatic rings. The molecule has 0 aromatic carbocycles. The van der Waals surface area contributed by atoms with Gasteiger partial charge in [-0.25, -0.2) is 4.79 Å². The van der Waals surface area contributed by atoms with E-state index in [0.29, 0.717) is 19.6 Å². The highest BCUT2D eigenvalue weighted by molar-refractivity contribution is 5.75. The van der Waals surface area contributed by atoms with E-state index in [9.17, 15) is 9.59 Å². The second kappa shape index (κ2) is 11.9. The average Bonchev–Trinajstić information content (AvgIpc) is 2.38. The second-order valence-corrected chi connectivity index (χ2v) is 4.24. The Bertz CT molecular complexity index is 254. The van der Waals surface area contributed by atoms with Crippen molar-refractivity contribution in [2.45, 2.75) is 38.7 Å². The van der Waals surface area contributed by atoms with E-state index >= 15 is 0 Å². The first-order valence-corrected chi connectivity index (χ1v) is 6.40. The quantitative estimate of drug-likeness (QED) is 0.424. The molecule has 0 amide bonds. The molecule has 19 heavy (non-hydrogen) atoms. The van der Waals surface area contributed by atoms with E-state index in [1.54, 1.807) is 14.0 Å². The van der Waals surface area contributed by atoms with Gasteiger partial charge in [0, 0.05) is 20.6 Å². The van der Waals surface area contributed by atoms with Crippen LogP contribution in [0.25, 0.3) is 0 Å². The molecule has 1 atom stereocenters. The van der Waals surface area contributed by atoms with Gasteiger partial charge < -0.3 is 23.7 Å². The molecule has 0 heterocycles. The summed E-state index contributed by atoms with van der Waals surface area (Å²) in [4.78, 5) is 21.9. The lowest BCUT2D eigenvalue weighted by atomic mass is 10.1. The summed E-state index contributed by atoms with van der Waals surface area (Å²) >= 11 is 0. The van der Waals surface area contributed by atoms with Crippen molar-refractivity contribution in [3.05, 3.63) is 0 Å². The number of Topliss-reactive ketones (excluding diaryl/α,β-unsaturated/α-hetero) is 1. The molecular weight excluding hydrogens is 252 g/mol. The predicted molar refractivity (Wildman–Crippen MR) is 69.1 cm³/mol. The van der Waals surface area contributed by atoms with Gasteiger partial charge in [-0.1, -0.05) is 0 Å². The molecule has 0 spiro atoms. The van der Waals surface area contributed by atoms with Crippen molar-refractivity contribution in [2.75, 3.05) is 34.0 Å². The van der Waals surface area contributed by atoms with Gasteiger partial charge in [-0.3, -0.25) is 0 Å².